The summed E-state index contributed by atoms with van der Waals surface area (Å²) in [7, 11) is 4.97. The fourth-order valence-electron chi connectivity index (χ4n) is 1.78. The Bertz CT molecular complexity index is 353. The summed E-state index contributed by atoms with van der Waals surface area (Å²) in [6, 6.07) is 3.78. The Morgan fingerprint density at radius 2 is 1.35 bits per heavy atom. The predicted molar refractivity (Wildman–Crippen MR) is 69.3 cm³/mol. The molecule has 0 aliphatic heterocycles. The fourth-order valence-corrected chi connectivity index (χ4v) is 1.78. The Balaban J connectivity index is 3.24. The molecule has 0 atom stereocenters. The van der Waals surface area contributed by atoms with E-state index >= 15 is 0 Å². The molecule has 0 saturated heterocycles. The zero-order chi connectivity index (χ0) is 13.1. The fraction of sp³-hybridized carbons (Fsp3) is 0.571. The molecule has 0 radical (unpaired) electrons. The molecule has 17 heavy (non-hydrogen) atoms. The van der Waals surface area contributed by atoms with Crippen LogP contribution in [0.1, 0.15) is 26.3 Å². The third-order valence-corrected chi connectivity index (χ3v) is 2.52. The van der Waals surface area contributed by atoms with E-state index in [1.165, 1.54) is 0 Å². The second-order valence-corrected chi connectivity index (χ2v) is 5.25. The quantitative estimate of drug-likeness (QED) is 0.805. The second-order valence-electron chi connectivity index (χ2n) is 5.25. The van der Waals surface area contributed by atoms with E-state index in [0.717, 1.165) is 29.2 Å². The van der Waals surface area contributed by atoms with Gasteiger partial charge >= 0.3 is 0 Å². The summed E-state index contributed by atoms with van der Waals surface area (Å²) in [5.41, 5.74) is 1.26. The van der Waals surface area contributed by atoms with Crippen LogP contribution >= 0.6 is 0 Å². The largest absolute Gasteiger partial charge is 0.496 e. The van der Waals surface area contributed by atoms with Gasteiger partial charge in [0.25, 0.3) is 0 Å². The maximum atomic E-state index is 5.42. The van der Waals surface area contributed by atoms with Crippen LogP contribution in [-0.2, 0) is 6.42 Å². The lowest BCUT2D eigenvalue weighted by Crippen LogP contribution is -2.11. The van der Waals surface area contributed by atoms with E-state index < -0.39 is 0 Å². The first kappa shape index (κ1) is 13.7. The van der Waals surface area contributed by atoms with Gasteiger partial charge in [0.2, 0.25) is 0 Å². The number of rotatable bonds is 4. The molecule has 0 N–H and O–H groups in total. The van der Waals surface area contributed by atoms with Gasteiger partial charge < -0.3 is 14.2 Å². The molecule has 3 heteroatoms. The molecule has 0 heterocycles. The van der Waals surface area contributed by atoms with Gasteiger partial charge in [-0.1, -0.05) is 20.8 Å². The highest BCUT2D eigenvalue weighted by atomic mass is 16.5. The Morgan fingerprint density at radius 3 is 1.65 bits per heavy atom. The molecule has 0 saturated carbocycles. The third kappa shape index (κ3) is 3.55. The molecule has 0 aromatic heterocycles. The van der Waals surface area contributed by atoms with E-state index in [1.54, 1.807) is 21.3 Å². The molecule has 1 rings (SSSR count). The van der Waals surface area contributed by atoms with Crippen molar-refractivity contribution >= 4 is 0 Å². The Kier molecular flexibility index (Phi) is 4.27. The molecule has 96 valence electrons. The SMILES string of the molecule is COc1cc(OC)c(CC(C)(C)C)c(OC)c1. The van der Waals surface area contributed by atoms with Crippen molar-refractivity contribution in [1.82, 2.24) is 0 Å². The maximum Gasteiger partial charge on any atom is 0.129 e. The van der Waals surface area contributed by atoms with E-state index in [1.807, 2.05) is 12.1 Å². The molecule has 0 spiro atoms. The highest BCUT2D eigenvalue weighted by molar-refractivity contribution is 5.51. The van der Waals surface area contributed by atoms with Crippen molar-refractivity contribution in [3.05, 3.63) is 17.7 Å². The van der Waals surface area contributed by atoms with E-state index in [-0.39, 0.29) is 5.41 Å². The summed E-state index contributed by atoms with van der Waals surface area (Å²) in [6.07, 6.45) is 0.892. The normalized spacial score (nSPS) is 11.2. The van der Waals surface area contributed by atoms with Crippen LogP contribution in [0.15, 0.2) is 12.1 Å². The summed E-state index contributed by atoms with van der Waals surface area (Å²) < 4.78 is 16.1. The van der Waals surface area contributed by atoms with Crippen molar-refractivity contribution in [1.29, 1.82) is 0 Å². The maximum absolute atomic E-state index is 5.42. The number of hydrogen-bond donors (Lipinski definition) is 0. The standard InChI is InChI=1S/C14H22O3/c1-14(2,3)9-11-12(16-5)7-10(15-4)8-13(11)17-6/h7-8H,9H2,1-6H3. The van der Waals surface area contributed by atoms with Gasteiger partial charge in [-0.05, 0) is 11.8 Å². The van der Waals surface area contributed by atoms with E-state index in [2.05, 4.69) is 20.8 Å². The van der Waals surface area contributed by atoms with Crippen LogP contribution in [-0.4, -0.2) is 21.3 Å². The van der Waals surface area contributed by atoms with Crippen molar-refractivity contribution in [2.75, 3.05) is 21.3 Å². The van der Waals surface area contributed by atoms with Gasteiger partial charge in [0.05, 0.1) is 21.3 Å². The van der Waals surface area contributed by atoms with Crippen molar-refractivity contribution in [3.63, 3.8) is 0 Å². The summed E-state index contributed by atoms with van der Waals surface area (Å²) in [6.45, 7) is 6.57. The highest BCUT2D eigenvalue weighted by Gasteiger charge is 2.19. The molecule has 0 bridgehead atoms. The highest BCUT2D eigenvalue weighted by Crippen LogP contribution is 2.37. The van der Waals surface area contributed by atoms with Crippen LogP contribution in [0.3, 0.4) is 0 Å². The minimum absolute atomic E-state index is 0.176. The first-order valence-electron chi connectivity index (χ1n) is 5.70. The third-order valence-electron chi connectivity index (χ3n) is 2.52. The predicted octanol–water partition coefficient (Wildman–Crippen LogP) is 3.30. The van der Waals surface area contributed by atoms with Gasteiger partial charge in [-0.2, -0.15) is 0 Å². The minimum Gasteiger partial charge on any atom is -0.496 e. The number of ether oxygens (including phenoxy) is 3. The first-order valence-corrected chi connectivity index (χ1v) is 5.70. The lowest BCUT2D eigenvalue weighted by atomic mass is 9.87. The zero-order valence-corrected chi connectivity index (χ0v) is 11.6. The molecule has 0 amide bonds. The minimum atomic E-state index is 0.176. The van der Waals surface area contributed by atoms with E-state index in [9.17, 15) is 0 Å². The van der Waals surface area contributed by atoms with Gasteiger partial charge in [0.15, 0.2) is 0 Å². The van der Waals surface area contributed by atoms with E-state index in [4.69, 9.17) is 14.2 Å². The summed E-state index contributed by atoms with van der Waals surface area (Å²) in [5.74, 6) is 2.38. The smallest absolute Gasteiger partial charge is 0.129 e. The molecule has 0 aliphatic rings. The van der Waals surface area contributed by atoms with E-state index in [0.29, 0.717) is 0 Å². The van der Waals surface area contributed by atoms with Crippen LogP contribution in [0, 0.1) is 5.41 Å². The van der Waals surface area contributed by atoms with Crippen LogP contribution < -0.4 is 14.2 Å². The van der Waals surface area contributed by atoms with Gasteiger partial charge in [-0.25, -0.2) is 0 Å². The average molecular weight is 238 g/mol. The summed E-state index contributed by atoms with van der Waals surface area (Å²) >= 11 is 0. The van der Waals surface area contributed by atoms with Gasteiger partial charge in [-0.3, -0.25) is 0 Å². The lowest BCUT2D eigenvalue weighted by molar-refractivity contribution is 0.347. The van der Waals surface area contributed by atoms with Gasteiger partial charge in [0, 0.05) is 17.7 Å². The monoisotopic (exact) mass is 238 g/mol. The molecular formula is C14H22O3. The first-order chi connectivity index (χ1) is 7.91. The molecule has 3 nitrogen and oxygen atoms in total. The van der Waals surface area contributed by atoms with Crippen molar-refractivity contribution in [3.8, 4) is 17.2 Å². The topological polar surface area (TPSA) is 27.7 Å². The summed E-state index contributed by atoms with van der Waals surface area (Å²) in [4.78, 5) is 0. The second kappa shape index (κ2) is 5.30. The van der Waals surface area contributed by atoms with Crippen LogP contribution in [0.4, 0.5) is 0 Å². The number of hydrogen-bond acceptors (Lipinski definition) is 3. The molecule has 1 aromatic carbocycles. The molecule has 1 aromatic rings. The van der Waals surface area contributed by atoms with Gasteiger partial charge in [0.1, 0.15) is 17.2 Å². The van der Waals surface area contributed by atoms with Crippen LogP contribution in [0.2, 0.25) is 0 Å². The molecule has 0 unspecified atom stereocenters. The Hall–Kier alpha value is -1.38. The number of benzene rings is 1. The van der Waals surface area contributed by atoms with Gasteiger partial charge in [-0.15, -0.1) is 0 Å². The number of methoxy groups -OCH3 is 3. The van der Waals surface area contributed by atoms with Crippen LogP contribution in [0.5, 0.6) is 17.2 Å². The zero-order valence-electron chi connectivity index (χ0n) is 11.6. The van der Waals surface area contributed by atoms with Crippen LogP contribution in [0.25, 0.3) is 0 Å². The van der Waals surface area contributed by atoms with Crippen molar-refractivity contribution in [2.24, 2.45) is 5.41 Å². The van der Waals surface area contributed by atoms with Crippen molar-refractivity contribution in [2.45, 2.75) is 27.2 Å². The average Bonchev–Trinajstić information content (AvgIpc) is 2.27. The summed E-state index contributed by atoms with van der Waals surface area (Å²) in [5, 5.41) is 0. The van der Waals surface area contributed by atoms with Crippen molar-refractivity contribution < 1.29 is 14.2 Å². The molecule has 0 aliphatic carbocycles. The molecule has 0 fully saturated rings. The Morgan fingerprint density at radius 1 is 0.882 bits per heavy atom. The Labute approximate surface area is 104 Å². The molecular weight excluding hydrogens is 216 g/mol. The lowest BCUT2D eigenvalue weighted by Gasteiger charge is -2.22.